The van der Waals surface area contributed by atoms with E-state index in [2.05, 4.69) is 4.98 Å². The Bertz CT molecular complexity index is 991. The molecule has 0 aliphatic carbocycles. The average Bonchev–Trinajstić information content (AvgIpc) is 3.26. The lowest BCUT2D eigenvalue weighted by Crippen LogP contribution is -1.97. The molecule has 1 aliphatic heterocycles. The van der Waals surface area contributed by atoms with Crippen molar-refractivity contribution in [1.82, 2.24) is 4.98 Å². The number of rotatable bonds is 5. The van der Waals surface area contributed by atoms with Crippen molar-refractivity contribution in [3.8, 4) is 17.2 Å². The third kappa shape index (κ3) is 3.09. The maximum Gasteiger partial charge on any atom is 0.307 e. The summed E-state index contributed by atoms with van der Waals surface area (Å²) in [5, 5.41) is 10.0. The fourth-order valence-corrected chi connectivity index (χ4v) is 3.77. The van der Waals surface area contributed by atoms with Gasteiger partial charge in [0.25, 0.3) is 0 Å². The van der Waals surface area contributed by atoms with Gasteiger partial charge in [0.15, 0.2) is 11.5 Å². The standard InChI is InChI=1S/C19H15NO5S/c1-23-14-7-11(8-15-18(14)25-10-24-15)6-12(9-17(21)22)19-20-13-4-2-3-5-16(13)26-19/h2-8H,9-10H2,1H3,(H,21,22)/b12-6+. The SMILES string of the molecule is COc1cc(/C=C(\CC(=O)O)c2nc3ccccc3s2)cc2c1OCO2. The van der Waals surface area contributed by atoms with Gasteiger partial charge in [0.1, 0.15) is 5.01 Å². The molecule has 7 heteroatoms. The third-order valence-corrected chi connectivity index (χ3v) is 5.04. The lowest BCUT2D eigenvalue weighted by Gasteiger charge is -2.07. The van der Waals surface area contributed by atoms with Gasteiger partial charge >= 0.3 is 5.97 Å². The van der Waals surface area contributed by atoms with E-state index in [-0.39, 0.29) is 13.2 Å². The lowest BCUT2D eigenvalue weighted by molar-refractivity contribution is -0.135. The number of methoxy groups -OCH3 is 1. The molecule has 0 spiro atoms. The molecule has 1 aromatic heterocycles. The Kier molecular flexibility index (Phi) is 4.22. The number of hydrogen-bond donors (Lipinski definition) is 1. The van der Waals surface area contributed by atoms with Gasteiger partial charge in [0.2, 0.25) is 12.5 Å². The number of aliphatic carboxylic acids is 1. The van der Waals surface area contributed by atoms with E-state index in [1.807, 2.05) is 24.3 Å². The minimum Gasteiger partial charge on any atom is -0.493 e. The molecule has 3 aromatic rings. The molecule has 6 nitrogen and oxygen atoms in total. The van der Waals surface area contributed by atoms with Crippen LogP contribution in [-0.2, 0) is 4.79 Å². The third-order valence-electron chi connectivity index (χ3n) is 3.93. The predicted octanol–water partition coefficient (Wildman–Crippen LogP) is 4.05. The summed E-state index contributed by atoms with van der Waals surface area (Å²) in [5.74, 6) is 0.771. The number of nitrogens with zero attached hydrogens (tertiary/aromatic N) is 1. The highest BCUT2D eigenvalue weighted by Crippen LogP contribution is 2.42. The van der Waals surface area contributed by atoms with Gasteiger partial charge in [-0.3, -0.25) is 4.79 Å². The minimum atomic E-state index is -0.914. The van der Waals surface area contributed by atoms with E-state index in [4.69, 9.17) is 14.2 Å². The summed E-state index contributed by atoms with van der Waals surface area (Å²) in [6, 6.07) is 11.3. The number of aromatic nitrogens is 1. The van der Waals surface area contributed by atoms with Crippen molar-refractivity contribution >= 4 is 39.2 Å². The molecule has 0 atom stereocenters. The number of carboxylic acids is 1. The van der Waals surface area contributed by atoms with Crippen LogP contribution in [0.1, 0.15) is 17.0 Å². The zero-order chi connectivity index (χ0) is 18.1. The second-order valence-corrected chi connectivity index (χ2v) is 6.71. The maximum absolute atomic E-state index is 11.4. The number of para-hydroxylation sites is 1. The smallest absolute Gasteiger partial charge is 0.307 e. The molecule has 1 N–H and O–H groups in total. The van der Waals surface area contributed by atoms with Gasteiger partial charge < -0.3 is 19.3 Å². The summed E-state index contributed by atoms with van der Waals surface area (Å²) in [6.45, 7) is 0.138. The van der Waals surface area contributed by atoms with Crippen LogP contribution >= 0.6 is 11.3 Å². The number of carbonyl (C=O) groups is 1. The van der Waals surface area contributed by atoms with Crippen LogP contribution < -0.4 is 14.2 Å². The molecule has 0 fully saturated rings. The molecule has 0 saturated heterocycles. The largest absolute Gasteiger partial charge is 0.493 e. The first-order valence-corrected chi connectivity index (χ1v) is 8.71. The summed E-state index contributed by atoms with van der Waals surface area (Å²) in [5.41, 5.74) is 2.24. The lowest BCUT2D eigenvalue weighted by atomic mass is 10.1. The van der Waals surface area contributed by atoms with Crippen LogP contribution in [0.5, 0.6) is 17.2 Å². The molecule has 0 radical (unpaired) electrons. The van der Waals surface area contributed by atoms with Gasteiger partial charge in [-0.15, -0.1) is 11.3 Å². The Labute approximate surface area is 153 Å². The van der Waals surface area contributed by atoms with Crippen molar-refractivity contribution < 1.29 is 24.1 Å². The topological polar surface area (TPSA) is 77.9 Å². The molecule has 1 aliphatic rings. The second-order valence-electron chi connectivity index (χ2n) is 5.68. The van der Waals surface area contributed by atoms with Gasteiger partial charge in [-0.25, -0.2) is 4.98 Å². The van der Waals surface area contributed by atoms with E-state index in [9.17, 15) is 9.90 Å². The van der Waals surface area contributed by atoms with Crippen molar-refractivity contribution in [3.63, 3.8) is 0 Å². The zero-order valence-electron chi connectivity index (χ0n) is 13.9. The number of carboxylic acid groups (broad SMARTS) is 1. The Balaban J connectivity index is 1.80. The predicted molar refractivity (Wildman–Crippen MR) is 98.9 cm³/mol. The summed E-state index contributed by atoms with van der Waals surface area (Å²) < 4.78 is 17.2. The quantitative estimate of drug-likeness (QED) is 0.731. The Morgan fingerprint density at radius 2 is 2.19 bits per heavy atom. The molecular formula is C19H15NO5S. The van der Waals surface area contributed by atoms with Gasteiger partial charge in [-0.2, -0.15) is 0 Å². The van der Waals surface area contributed by atoms with Crippen molar-refractivity contribution in [2.45, 2.75) is 6.42 Å². The number of fused-ring (bicyclic) bond motifs is 2. The van der Waals surface area contributed by atoms with Crippen LogP contribution in [0.3, 0.4) is 0 Å². The first-order chi connectivity index (χ1) is 12.6. The first-order valence-electron chi connectivity index (χ1n) is 7.90. The van der Waals surface area contributed by atoms with Crippen molar-refractivity contribution in [2.24, 2.45) is 0 Å². The van der Waals surface area contributed by atoms with Crippen LogP contribution in [0.25, 0.3) is 21.9 Å². The number of ether oxygens (including phenoxy) is 3. The Hall–Kier alpha value is -3.06. The van der Waals surface area contributed by atoms with Crippen LogP contribution in [0.15, 0.2) is 36.4 Å². The molecule has 2 heterocycles. The van der Waals surface area contributed by atoms with Gasteiger partial charge in [0, 0.05) is 0 Å². The molecule has 0 bridgehead atoms. The molecule has 2 aromatic carbocycles. The van der Waals surface area contributed by atoms with Gasteiger partial charge in [-0.1, -0.05) is 12.1 Å². The minimum absolute atomic E-state index is 0.128. The number of benzene rings is 2. The molecule has 132 valence electrons. The Morgan fingerprint density at radius 1 is 1.35 bits per heavy atom. The highest BCUT2D eigenvalue weighted by atomic mass is 32.1. The molecule has 0 unspecified atom stereocenters. The van der Waals surface area contributed by atoms with E-state index in [1.165, 1.54) is 11.3 Å². The van der Waals surface area contributed by atoms with E-state index < -0.39 is 5.97 Å². The first kappa shape index (κ1) is 16.4. The normalized spacial score (nSPS) is 13.2. The van der Waals surface area contributed by atoms with E-state index in [1.54, 1.807) is 25.3 Å². The summed E-state index contributed by atoms with van der Waals surface area (Å²) in [7, 11) is 1.55. The summed E-state index contributed by atoms with van der Waals surface area (Å²) in [4.78, 5) is 15.9. The van der Waals surface area contributed by atoms with Crippen molar-refractivity contribution in [3.05, 3.63) is 47.0 Å². The fourth-order valence-electron chi connectivity index (χ4n) is 2.80. The molecule has 0 amide bonds. The van der Waals surface area contributed by atoms with E-state index >= 15 is 0 Å². The maximum atomic E-state index is 11.4. The zero-order valence-corrected chi connectivity index (χ0v) is 14.7. The molecular weight excluding hydrogens is 354 g/mol. The van der Waals surface area contributed by atoms with Crippen molar-refractivity contribution in [2.75, 3.05) is 13.9 Å². The van der Waals surface area contributed by atoms with Crippen molar-refractivity contribution in [1.29, 1.82) is 0 Å². The molecule has 26 heavy (non-hydrogen) atoms. The van der Waals surface area contributed by atoms with Crippen LogP contribution in [0, 0.1) is 0 Å². The second kappa shape index (κ2) is 6.68. The van der Waals surface area contributed by atoms with Crippen LogP contribution in [0.4, 0.5) is 0 Å². The number of hydrogen-bond acceptors (Lipinski definition) is 6. The van der Waals surface area contributed by atoms with E-state index in [0.717, 1.165) is 15.8 Å². The fraction of sp³-hybridized carbons (Fsp3) is 0.158. The Morgan fingerprint density at radius 3 is 2.96 bits per heavy atom. The average molecular weight is 369 g/mol. The highest BCUT2D eigenvalue weighted by Gasteiger charge is 2.20. The summed E-state index contributed by atoms with van der Waals surface area (Å²) >= 11 is 1.47. The highest BCUT2D eigenvalue weighted by molar-refractivity contribution is 7.19. The van der Waals surface area contributed by atoms with Crippen LogP contribution in [-0.4, -0.2) is 30.0 Å². The van der Waals surface area contributed by atoms with Crippen LogP contribution in [0.2, 0.25) is 0 Å². The molecule has 0 saturated carbocycles. The summed E-state index contributed by atoms with van der Waals surface area (Å²) in [6.07, 6.45) is 1.67. The van der Waals surface area contributed by atoms with Gasteiger partial charge in [0.05, 0.1) is 23.7 Å². The number of thiazole rings is 1. The van der Waals surface area contributed by atoms with E-state index in [0.29, 0.717) is 27.8 Å². The monoisotopic (exact) mass is 369 g/mol. The molecule has 4 rings (SSSR count). The van der Waals surface area contributed by atoms with Gasteiger partial charge in [-0.05, 0) is 41.5 Å².